The Morgan fingerprint density at radius 2 is 1.58 bits per heavy atom. The first-order valence-corrected chi connectivity index (χ1v) is 9.60. The van der Waals surface area contributed by atoms with Gasteiger partial charge in [-0.3, -0.25) is 0 Å². The summed E-state index contributed by atoms with van der Waals surface area (Å²) >= 11 is 0. The zero-order valence-electron chi connectivity index (χ0n) is 16.0. The fourth-order valence-electron chi connectivity index (χ4n) is 3.15. The molecule has 0 bridgehead atoms. The van der Waals surface area contributed by atoms with E-state index in [0.29, 0.717) is 0 Å². The molecule has 1 fully saturated rings. The van der Waals surface area contributed by atoms with E-state index in [4.69, 9.17) is 9.47 Å². The molecule has 0 aliphatic carbocycles. The Hall–Kier alpha value is -0.870. The number of carbonyl (C=O) groups is 1. The lowest BCUT2D eigenvalue weighted by Crippen LogP contribution is -2.21. The minimum atomic E-state index is -0.588. The summed E-state index contributed by atoms with van der Waals surface area (Å²) in [4.78, 5) is 11.3. The van der Waals surface area contributed by atoms with E-state index in [0.717, 1.165) is 12.8 Å². The Morgan fingerprint density at radius 1 is 1.00 bits per heavy atom. The minimum absolute atomic E-state index is 0.0189. The first kappa shape index (κ1) is 21.2. The van der Waals surface area contributed by atoms with Crippen LogP contribution < -0.4 is 0 Å². The summed E-state index contributed by atoms with van der Waals surface area (Å²) < 4.78 is 16.5. The first-order chi connectivity index (χ1) is 11.5. The largest absolute Gasteiger partial charge is 0.466 e. The quantitative estimate of drug-likeness (QED) is 0.280. The molecule has 4 heteroatoms. The molecule has 4 nitrogen and oxygen atoms in total. The van der Waals surface area contributed by atoms with Gasteiger partial charge in [0.25, 0.3) is 0 Å². The molecule has 0 unspecified atom stereocenters. The summed E-state index contributed by atoms with van der Waals surface area (Å²) in [6.07, 6.45) is 15.8. The average molecular weight is 341 g/mol. The highest BCUT2D eigenvalue weighted by molar-refractivity contribution is 5.81. The van der Waals surface area contributed by atoms with E-state index in [-0.39, 0.29) is 18.2 Å². The lowest BCUT2D eigenvalue weighted by atomic mass is 10.0. The second-order valence-corrected chi connectivity index (χ2v) is 7.14. The lowest BCUT2D eigenvalue weighted by molar-refractivity contribution is -0.144. The summed E-state index contributed by atoms with van der Waals surface area (Å²) in [6, 6.07) is 0. The van der Waals surface area contributed by atoms with Gasteiger partial charge in [0, 0.05) is 6.08 Å². The Balaban J connectivity index is 2.21. The fraction of sp³-hybridized carbons (Fsp3) is 0.850. The minimum Gasteiger partial charge on any atom is -0.466 e. The third kappa shape index (κ3) is 8.84. The van der Waals surface area contributed by atoms with E-state index >= 15 is 0 Å². The number of hydrogen-bond acceptors (Lipinski definition) is 4. The van der Waals surface area contributed by atoms with Gasteiger partial charge in [-0.15, -0.1) is 0 Å². The van der Waals surface area contributed by atoms with Crippen molar-refractivity contribution in [2.45, 2.75) is 103 Å². The van der Waals surface area contributed by atoms with Crippen molar-refractivity contribution in [3.05, 3.63) is 12.2 Å². The smallest absolute Gasteiger partial charge is 0.330 e. The van der Waals surface area contributed by atoms with E-state index < -0.39 is 5.79 Å². The standard InChI is InChI=1S/C20H36O4/c1-5-6-7-8-9-10-11-12-13-14-17-18(15-16-19(21)22-4)24-20(2,3)23-17/h15-18H,5-14H2,1-4H3/b16-15+/t17-,18+/m1/s1. The molecule has 1 aliphatic rings. The van der Waals surface area contributed by atoms with Gasteiger partial charge in [0.1, 0.15) is 6.10 Å². The van der Waals surface area contributed by atoms with Crippen molar-refractivity contribution in [2.24, 2.45) is 0 Å². The maximum atomic E-state index is 11.3. The molecule has 2 atom stereocenters. The molecule has 140 valence electrons. The van der Waals surface area contributed by atoms with Crippen LogP contribution in [0.5, 0.6) is 0 Å². The number of esters is 1. The van der Waals surface area contributed by atoms with Crippen LogP contribution in [-0.4, -0.2) is 31.1 Å². The van der Waals surface area contributed by atoms with E-state index in [1.807, 2.05) is 13.8 Å². The first-order valence-electron chi connectivity index (χ1n) is 9.60. The zero-order valence-corrected chi connectivity index (χ0v) is 16.0. The van der Waals surface area contributed by atoms with Crippen molar-refractivity contribution in [1.29, 1.82) is 0 Å². The predicted molar refractivity (Wildman–Crippen MR) is 96.8 cm³/mol. The molecule has 24 heavy (non-hydrogen) atoms. The van der Waals surface area contributed by atoms with Gasteiger partial charge in [-0.2, -0.15) is 0 Å². The van der Waals surface area contributed by atoms with Gasteiger partial charge in [-0.25, -0.2) is 4.79 Å². The fourth-order valence-corrected chi connectivity index (χ4v) is 3.15. The third-order valence-electron chi connectivity index (χ3n) is 4.44. The molecular weight excluding hydrogens is 304 g/mol. The second-order valence-electron chi connectivity index (χ2n) is 7.14. The van der Waals surface area contributed by atoms with Crippen molar-refractivity contribution in [3.8, 4) is 0 Å². The summed E-state index contributed by atoms with van der Waals surface area (Å²) in [5.74, 6) is -0.945. The van der Waals surface area contributed by atoms with Gasteiger partial charge in [0.2, 0.25) is 0 Å². The maximum Gasteiger partial charge on any atom is 0.330 e. The lowest BCUT2D eigenvalue weighted by Gasteiger charge is -2.16. The molecule has 0 saturated carbocycles. The van der Waals surface area contributed by atoms with Crippen molar-refractivity contribution < 1.29 is 19.0 Å². The van der Waals surface area contributed by atoms with Crippen LogP contribution in [-0.2, 0) is 19.0 Å². The van der Waals surface area contributed by atoms with E-state index in [1.165, 1.54) is 64.6 Å². The van der Waals surface area contributed by atoms with Crippen molar-refractivity contribution >= 4 is 5.97 Å². The molecule has 1 saturated heterocycles. The molecule has 1 aliphatic heterocycles. The van der Waals surface area contributed by atoms with E-state index in [9.17, 15) is 4.79 Å². The maximum absolute atomic E-state index is 11.3. The number of rotatable bonds is 12. The summed E-state index contributed by atoms with van der Waals surface area (Å²) in [6.45, 7) is 6.09. The predicted octanol–water partition coefficient (Wildman–Crippen LogP) is 5.16. The third-order valence-corrected chi connectivity index (χ3v) is 4.44. The number of carbonyl (C=O) groups excluding carboxylic acids is 1. The zero-order chi connectivity index (χ0) is 17.8. The van der Waals surface area contributed by atoms with Crippen LogP contribution in [0, 0.1) is 0 Å². The normalized spacial score (nSPS) is 23.0. The number of methoxy groups -OCH3 is 1. The van der Waals surface area contributed by atoms with Gasteiger partial charge in [0.15, 0.2) is 5.79 Å². The molecule has 0 N–H and O–H groups in total. The highest BCUT2D eigenvalue weighted by atomic mass is 16.7. The van der Waals surface area contributed by atoms with Gasteiger partial charge >= 0.3 is 5.97 Å². The van der Waals surface area contributed by atoms with E-state index in [1.54, 1.807) is 6.08 Å². The van der Waals surface area contributed by atoms with Crippen LogP contribution in [0.4, 0.5) is 0 Å². The SMILES string of the molecule is CCCCCCCCCCC[C@H]1OC(C)(C)O[C@H]1/C=C/C(=O)OC. The molecule has 0 amide bonds. The molecule has 1 heterocycles. The van der Waals surface area contributed by atoms with Gasteiger partial charge in [-0.05, 0) is 26.3 Å². The Morgan fingerprint density at radius 3 is 2.17 bits per heavy atom. The highest BCUT2D eigenvalue weighted by Gasteiger charge is 2.39. The van der Waals surface area contributed by atoms with Crippen molar-refractivity contribution in [3.63, 3.8) is 0 Å². The van der Waals surface area contributed by atoms with Crippen LogP contribution >= 0.6 is 0 Å². The van der Waals surface area contributed by atoms with Crippen LogP contribution in [0.2, 0.25) is 0 Å². The molecule has 0 radical (unpaired) electrons. The molecule has 0 spiro atoms. The second kappa shape index (κ2) is 11.6. The monoisotopic (exact) mass is 340 g/mol. The summed E-state index contributed by atoms with van der Waals surface area (Å²) in [7, 11) is 1.38. The van der Waals surface area contributed by atoms with Crippen LogP contribution in [0.1, 0.15) is 85.0 Å². The Kier molecular flexibility index (Phi) is 10.3. The number of ether oxygens (including phenoxy) is 3. The molecule has 0 aromatic heterocycles. The average Bonchev–Trinajstić information content (AvgIpc) is 2.85. The van der Waals surface area contributed by atoms with Gasteiger partial charge < -0.3 is 14.2 Å². The molecule has 0 aromatic rings. The number of unbranched alkanes of at least 4 members (excludes halogenated alkanes) is 8. The van der Waals surface area contributed by atoms with Gasteiger partial charge in [-0.1, -0.05) is 64.7 Å². The van der Waals surface area contributed by atoms with Crippen LogP contribution in [0.25, 0.3) is 0 Å². The molecule has 1 rings (SSSR count). The van der Waals surface area contributed by atoms with Crippen LogP contribution in [0.3, 0.4) is 0 Å². The summed E-state index contributed by atoms with van der Waals surface area (Å²) in [5, 5.41) is 0. The van der Waals surface area contributed by atoms with Gasteiger partial charge in [0.05, 0.1) is 13.2 Å². The molecule has 0 aromatic carbocycles. The summed E-state index contributed by atoms with van der Waals surface area (Å²) in [5.41, 5.74) is 0. The Bertz CT molecular complexity index is 376. The topological polar surface area (TPSA) is 44.8 Å². The van der Waals surface area contributed by atoms with Crippen molar-refractivity contribution in [2.75, 3.05) is 7.11 Å². The number of hydrogen-bond donors (Lipinski definition) is 0. The van der Waals surface area contributed by atoms with Crippen molar-refractivity contribution in [1.82, 2.24) is 0 Å². The molecular formula is C20H36O4. The van der Waals surface area contributed by atoms with E-state index in [2.05, 4.69) is 11.7 Å². The Labute approximate surface area is 147 Å². The van der Waals surface area contributed by atoms with Crippen LogP contribution in [0.15, 0.2) is 12.2 Å². The highest BCUT2D eigenvalue weighted by Crippen LogP contribution is 2.31.